The SMILES string of the molecule is O=C(CCCCCCCCCCc1ccc2c(c1)OCO2)C1=C(O)[C@@H](O)CCC1=O. The topological polar surface area (TPSA) is 93.1 Å². The van der Waals surface area contributed by atoms with E-state index in [4.69, 9.17) is 9.47 Å². The predicted molar refractivity (Wildman–Crippen MR) is 113 cm³/mol. The zero-order chi connectivity index (χ0) is 21.3. The van der Waals surface area contributed by atoms with Crippen LogP contribution in [0, 0.1) is 0 Å². The van der Waals surface area contributed by atoms with Gasteiger partial charge in [-0.25, -0.2) is 0 Å². The van der Waals surface area contributed by atoms with Crippen molar-refractivity contribution >= 4 is 11.6 Å². The molecule has 30 heavy (non-hydrogen) atoms. The molecule has 6 heteroatoms. The second-order valence-corrected chi connectivity index (χ2v) is 8.18. The Balaban J connectivity index is 1.20. The highest BCUT2D eigenvalue weighted by Gasteiger charge is 2.30. The van der Waals surface area contributed by atoms with Gasteiger partial charge in [0.25, 0.3) is 0 Å². The van der Waals surface area contributed by atoms with Gasteiger partial charge in [0, 0.05) is 12.8 Å². The molecular weight excluding hydrogens is 384 g/mol. The van der Waals surface area contributed by atoms with Crippen LogP contribution in [0.25, 0.3) is 0 Å². The molecule has 1 aromatic rings. The summed E-state index contributed by atoms with van der Waals surface area (Å²) in [6, 6.07) is 6.15. The van der Waals surface area contributed by atoms with Crippen molar-refractivity contribution in [3.63, 3.8) is 0 Å². The molecular formula is C24H32O6. The van der Waals surface area contributed by atoms with Crippen LogP contribution in [-0.2, 0) is 16.0 Å². The fraction of sp³-hybridized carbons (Fsp3) is 0.583. The van der Waals surface area contributed by atoms with Crippen LogP contribution in [-0.4, -0.2) is 34.7 Å². The second kappa shape index (κ2) is 11.2. The molecule has 0 unspecified atom stereocenters. The smallest absolute Gasteiger partial charge is 0.231 e. The number of rotatable bonds is 12. The van der Waals surface area contributed by atoms with Crippen LogP contribution in [0.5, 0.6) is 11.5 Å². The van der Waals surface area contributed by atoms with E-state index >= 15 is 0 Å². The quantitative estimate of drug-likeness (QED) is 0.383. The van der Waals surface area contributed by atoms with Crippen molar-refractivity contribution in [2.75, 3.05) is 6.79 Å². The Morgan fingerprint density at radius 3 is 2.40 bits per heavy atom. The highest BCUT2D eigenvalue weighted by Crippen LogP contribution is 2.33. The highest BCUT2D eigenvalue weighted by molar-refractivity contribution is 6.21. The zero-order valence-electron chi connectivity index (χ0n) is 17.5. The Kier molecular flexibility index (Phi) is 8.31. The van der Waals surface area contributed by atoms with E-state index < -0.39 is 11.9 Å². The molecule has 0 bridgehead atoms. The summed E-state index contributed by atoms with van der Waals surface area (Å²) in [6.45, 7) is 0.314. The molecule has 0 amide bonds. The largest absolute Gasteiger partial charge is 0.509 e. The van der Waals surface area contributed by atoms with Gasteiger partial charge in [-0.2, -0.15) is 0 Å². The van der Waals surface area contributed by atoms with Gasteiger partial charge in [-0.15, -0.1) is 0 Å². The molecule has 1 aliphatic carbocycles. The van der Waals surface area contributed by atoms with E-state index in [1.807, 2.05) is 6.07 Å². The summed E-state index contributed by atoms with van der Waals surface area (Å²) in [5.74, 6) is 0.568. The maximum Gasteiger partial charge on any atom is 0.231 e. The highest BCUT2D eigenvalue weighted by atomic mass is 16.7. The average molecular weight is 417 g/mol. The Hall–Kier alpha value is -2.34. The standard InChI is InChI=1S/C24H32O6/c25-18(23-19(26)12-13-20(27)24(23)28)10-8-6-4-2-1-3-5-7-9-17-11-14-21-22(15-17)30-16-29-21/h11,14-15,20,27-28H,1-10,12-13,16H2/t20-/m0/s1. The summed E-state index contributed by atoms with van der Waals surface area (Å²) in [4.78, 5) is 24.0. The number of aryl methyl sites for hydroxylation is 1. The fourth-order valence-electron chi connectivity index (χ4n) is 4.03. The van der Waals surface area contributed by atoms with Gasteiger partial charge in [0.2, 0.25) is 6.79 Å². The van der Waals surface area contributed by atoms with Crippen LogP contribution >= 0.6 is 0 Å². The van der Waals surface area contributed by atoms with E-state index in [9.17, 15) is 19.8 Å². The lowest BCUT2D eigenvalue weighted by Gasteiger charge is -2.18. The van der Waals surface area contributed by atoms with Crippen LogP contribution < -0.4 is 9.47 Å². The Morgan fingerprint density at radius 1 is 0.967 bits per heavy atom. The number of Topliss-reactive ketones (excluding diaryl/α,β-unsaturated/α-hetero) is 2. The monoisotopic (exact) mass is 416 g/mol. The summed E-state index contributed by atoms with van der Waals surface area (Å²) in [5.41, 5.74) is 1.12. The van der Waals surface area contributed by atoms with E-state index in [-0.39, 0.29) is 36.4 Å². The number of hydrogen-bond acceptors (Lipinski definition) is 6. The third kappa shape index (κ3) is 6.08. The Bertz CT molecular complexity index is 782. The summed E-state index contributed by atoms with van der Waals surface area (Å²) in [6.07, 6.45) is 9.16. The van der Waals surface area contributed by atoms with Crippen molar-refractivity contribution in [1.29, 1.82) is 0 Å². The number of unbranched alkanes of at least 4 members (excludes halogenated alkanes) is 7. The number of allylic oxidation sites excluding steroid dienone is 1. The summed E-state index contributed by atoms with van der Waals surface area (Å²) < 4.78 is 10.7. The van der Waals surface area contributed by atoms with Crippen LogP contribution in [0.4, 0.5) is 0 Å². The zero-order valence-corrected chi connectivity index (χ0v) is 17.5. The molecule has 6 nitrogen and oxygen atoms in total. The third-order valence-corrected chi connectivity index (χ3v) is 5.83. The summed E-state index contributed by atoms with van der Waals surface area (Å²) >= 11 is 0. The maximum absolute atomic E-state index is 12.2. The number of hydrogen-bond donors (Lipinski definition) is 2. The van der Waals surface area contributed by atoms with Gasteiger partial charge < -0.3 is 19.7 Å². The number of carbonyl (C=O) groups excluding carboxylic acids is 2. The number of carbonyl (C=O) groups is 2. The van der Waals surface area contributed by atoms with Crippen LogP contribution in [0.15, 0.2) is 29.5 Å². The van der Waals surface area contributed by atoms with E-state index in [1.165, 1.54) is 24.8 Å². The molecule has 1 atom stereocenters. The van der Waals surface area contributed by atoms with E-state index in [0.717, 1.165) is 43.6 Å². The minimum Gasteiger partial charge on any atom is -0.509 e. The van der Waals surface area contributed by atoms with Crippen LogP contribution in [0.3, 0.4) is 0 Å². The molecule has 0 saturated carbocycles. The number of ether oxygens (including phenoxy) is 2. The van der Waals surface area contributed by atoms with E-state index in [0.29, 0.717) is 13.2 Å². The van der Waals surface area contributed by atoms with Crippen molar-refractivity contribution in [3.05, 3.63) is 35.1 Å². The molecule has 2 N–H and O–H groups in total. The van der Waals surface area contributed by atoms with Crippen molar-refractivity contribution < 1.29 is 29.3 Å². The fourth-order valence-corrected chi connectivity index (χ4v) is 4.03. The second-order valence-electron chi connectivity index (χ2n) is 8.18. The van der Waals surface area contributed by atoms with E-state index in [1.54, 1.807) is 0 Å². The molecule has 0 radical (unpaired) electrons. The predicted octanol–water partition coefficient (Wildman–Crippen LogP) is 4.57. The number of fused-ring (bicyclic) bond motifs is 1. The van der Waals surface area contributed by atoms with E-state index in [2.05, 4.69) is 12.1 Å². The number of aliphatic hydroxyl groups is 2. The Morgan fingerprint density at radius 2 is 1.63 bits per heavy atom. The minimum absolute atomic E-state index is 0.126. The van der Waals surface area contributed by atoms with Crippen molar-refractivity contribution in [2.45, 2.75) is 83.2 Å². The lowest BCUT2D eigenvalue weighted by Crippen LogP contribution is -2.27. The number of ketones is 2. The average Bonchev–Trinajstić information content (AvgIpc) is 3.20. The summed E-state index contributed by atoms with van der Waals surface area (Å²) in [5, 5.41) is 19.4. The molecule has 1 heterocycles. The number of benzene rings is 1. The van der Waals surface area contributed by atoms with Gasteiger partial charge in [-0.1, -0.05) is 44.6 Å². The van der Waals surface area contributed by atoms with Crippen LogP contribution in [0.1, 0.15) is 76.2 Å². The molecule has 2 aliphatic rings. The minimum atomic E-state index is -1.08. The molecule has 3 rings (SSSR count). The molecule has 0 fully saturated rings. The lowest BCUT2D eigenvalue weighted by molar-refractivity contribution is -0.123. The van der Waals surface area contributed by atoms with Crippen molar-refractivity contribution in [1.82, 2.24) is 0 Å². The van der Waals surface area contributed by atoms with Gasteiger partial charge in [-0.05, 0) is 43.4 Å². The Labute approximate surface area is 177 Å². The molecule has 1 aromatic carbocycles. The maximum atomic E-state index is 12.2. The summed E-state index contributed by atoms with van der Waals surface area (Å²) in [7, 11) is 0. The lowest BCUT2D eigenvalue weighted by atomic mass is 9.89. The number of aliphatic hydroxyl groups excluding tert-OH is 2. The molecule has 164 valence electrons. The van der Waals surface area contributed by atoms with Gasteiger partial charge in [-0.3, -0.25) is 9.59 Å². The van der Waals surface area contributed by atoms with Crippen molar-refractivity contribution in [2.24, 2.45) is 0 Å². The molecule has 0 saturated heterocycles. The molecule has 0 spiro atoms. The first kappa shape index (κ1) is 22.3. The van der Waals surface area contributed by atoms with Gasteiger partial charge >= 0.3 is 0 Å². The van der Waals surface area contributed by atoms with Gasteiger partial charge in [0.15, 0.2) is 23.1 Å². The van der Waals surface area contributed by atoms with Crippen LogP contribution in [0.2, 0.25) is 0 Å². The third-order valence-electron chi connectivity index (χ3n) is 5.83. The first-order valence-corrected chi connectivity index (χ1v) is 11.1. The first-order chi connectivity index (χ1) is 14.6. The van der Waals surface area contributed by atoms with Gasteiger partial charge in [0.1, 0.15) is 17.4 Å². The van der Waals surface area contributed by atoms with Crippen molar-refractivity contribution in [3.8, 4) is 11.5 Å². The van der Waals surface area contributed by atoms with Gasteiger partial charge in [0.05, 0.1) is 0 Å². The normalized spacial score (nSPS) is 18.2. The first-order valence-electron chi connectivity index (χ1n) is 11.1. The molecule has 0 aromatic heterocycles. The molecule has 1 aliphatic heterocycles.